The third kappa shape index (κ3) is 0.871. The topological polar surface area (TPSA) is 20.2 Å². The Morgan fingerprint density at radius 1 is 1.55 bits per heavy atom. The summed E-state index contributed by atoms with van der Waals surface area (Å²) in [6.45, 7) is 6.63. The van der Waals surface area contributed by atoms with Crippen LogP contribution in [0.1, 0.15) is 27.2 Å². The third-order valence-electron chi connectivity index (χ3n) is 3.58. The number of fused-ring (bicyclic) bond motifs is 1. The molecule has 1 heteroatoms. The van der Waals surface area contributed by atoms with Crippen molar-refractivity contribution in [3.8, 4) is 0 Å². The van der Waals surface area contributed by atoms with E-state index in [1.54, 1.807) is 0 Å². The molecular weight excluding hydrogens is 136 g/mol. The molecule has 0 heterocycles. The van der Waals surface area contributed by atoms with Crippen molar-refractivity contribution in [1.82, 2.24) is 0 Å². The molecule has 0 amide bonds. The highest BCUT2D eigenvalue weighted by Crippen LogP contribution is 2.63. The molecule has 2 aliphatic rings. The van der Waals surface area contributed by atoms with Gasteiger partial charge in [0.15, 0.2) is 0 Å². The van der Waals surface area contributed by atoms with Crippen LogP contribution in [0.25, 0.3) is 0 Å². The van der Waals surface area contributed by atoms with Crippen molar-refractivity contribution < 1.29 is 5.11 Å². The summed E-state index contributed by atoms with van der Waals surface area (Å²) >= 11 is 0. The van der Waals surface area contributed by atoms with Gasteiger partial charge in [-0.3, -0.25) is 0 Å². The van der Waals surface area contributed by atoms with Crippen LogP contribution >= 0.6 is 0 Å². The van der Waals surface area contributed by atoms with E-state index in [4.69, 9.17) is 0 Å². The minimum Gasteiger partial charge on any atom is -0.389 e. The molecule has 0 aliphatic heterocycles. The number of hydrogen-bond donors (Lipinski definition) is 1. The van der Waals surface area contributed by atoms with Crippen LogP contribution in [0.3, 0.4) is 0 Å². The molecule has 0 spiro atoms. The normalized spacial score (nSPS) is 46.2. The molecule has 1 fully saturated rings. The van der Waals surface area contributed by atoms with Gasteiger partial charge in [-0.05, 0) is 36.2 Å². The predicted octanol–water partition coefficient (Wildman–Crippen LogP) is 1.97. The maximum Gasteiger partial charge on any atom is 0.0750 e. The standard InChI is InChI=1S/C10H16O/c1-6-4-7-8(5-9(6)11)10(7,2)3/h4,7-9,11H,5H2,1-3H3/t7-,8+,9-/m0/s1. The summed E-state index contributed by atoms with van der Waals surface area (Å²) < 4.78 is 0. The molecular formula is C10H16O. The quantitative estimate of drug-likeness (QED) is 0.526. The highest BCUT2D eigenvalue weighted by molar-refractivity contribution is 5.25. The second-order valence-electron chi connectivity index (χ2n) is 4.62. The van der Waals surface area contributed by atoms with Gasteiger partial charge in [0, 0.05) is 0 Å². The number of allylic oxidation sites excluding steroid dienone is 1. The molecule has 2 aliphatic carbocycles. The lowest BCUT2D eigenvalue weighted by atomic mass is 9.98. The van der Waals surface area contributed by atoms with Crippen molar-refractivity contribution in [3.63, 3.8) is 0 Å². The van der Waals surface area contributed by atoms with Gasteiger partial charge in [0.05, 0.1) is 6.10 Å². The molecule has 3 atom stereocenters. The molecule has 0 aromatic carbocycles. The van der Waals surface area contributed by atoms with Crippen LogP contribution in [-0.2, 0) is 0 Å². The lowest BCUT2D eigenvalue weighted by Crippen LogP contribution is -2.13. The smallest absolute Gasteiger partial charge is 0.0750 e. The summed E-state index contributed by atoms with van der Waals surface area (Å²) in [7, 11) is 0. The van der Waals surface area contributed by atoms with Crippen LogP contribution in [0.15, 0.2) is 11.6 Å². The average Bonchev–Trinajstić information content (AvgIpc) is 2.39. The van der Waals surface area contributed by atoms with Gasteiger partial charge < -0.3 is 5.11 Å². The van der Waals surface area contributed by atoms with Gasteiger partial charge >= 0.3 is 0 Å². The Morgan fingerprint density at radius 2 is 2.18 bits per heavy atom. The fourth-order valence-electron chi connectivity index (χ4n) is 2.39. The second-order valence-corrected chi connectivity index (χ2v) is 4.62. The molecule has 0 saturated heterocycles. The first-order valence-corrected chi connectivity index (χ1v) is 4.40. The maximum absolute atomic E-state index is 9.54. The monoisotopic (exact) mass is 152 g/mol. The van der Waals surface area contributed by atoms with Crippen LogP contribution in [0, 0.1) is 17.3 Å². The van der Waals surface area contributed by atoms with E-state index in [2.05, 4.69) is 19.9 Å². The highest BCUT2D eigenvalue weighted by atomic mass is 16.3. The highest BCUT2D eigenvalue weighted by Gasteiger charge is 2.58. The van der Waals surface area contributed by atoms with Crippen LogP contribution in [0.2, 0.25) is 0 Å². The SMILES string of the molecule is CC1=C[C@H]2[C@@H](C[C@@H]1O)C2(C)C. The van der Waals surface area contributed by atoms with Crippen molar-refractivity contribution in [3.05, 3.63) is 11.6 Å². The van der Waals surface area contributed by atoms with Crippen LogP contribution in [0.4, 0.5) is 0 Å². The lowest BCUT2D eigenvalue weighted by molar-refractivity contribution is 0.182. The Bertz CT molecular complexity index is 215. The fourth-order valence-corrected chi connectivity index (χ4v) is 2.39. The molecule has 1 nitrogen and oxygen atoms in total. The molecule has 2 rings (SSSR count). The first kappa shape index (κ1) is 7.35. The van der Waals surface area contributed by atoms with Crippen molar-refractivity contribution in [1.29, 1.82) is 0 Å². The Morgan fingerprint density at radius 3 is 2.73 bits per heavy atom. The van der Waals surface area contributed by atoms with Crippen LogP contribution in [0.5, 0.6) is 0 Å². The molecule has 0 unspecified atom stereocenters. The first-order valence-electron chi connectivity index (χ1n) is 4.40. The van der Waals surface area contributed by atoms with Crippen molar-refractivity contribution in [2.45, 2.75) is 33.3 Å². The van der Waals surface area contributed by atoms with Gasteiger partial charge in [0.2, 0.25) is 0 Å². The van der Waals surface area contributed by atoms with E-state index in [9.17, 15) is 5.11 Å². The second kappa shape index (κ2) is 1.89. The van der Waals surface area contributed by atoms with Crippen molar-refractivity contribution in [2.75, 3.05) is 0 Å². The van der Waals surface area contributed by atoms with E-state index in [1.165, 1.54) is 5.57 Å². The van der Waals surface area contributed by atoms with E-state index in [0.717, 1.165) is 18.3 Å². The minimum atomic E-state index is -0.155. The molecule has 0 aromatic rings. The van der Waals surface area contributed by atoms with Gasteiger partial charge in [-0.1, -0.05) is 19.9 Å². The zero-order valence-corrected chi connectivity index (χ0v) is 7.46. The number of rotatable bonds is 0. The van der Waals surface area contributed by atoms with Crippen LogP contribution in [-0.4, -0.2) is 11.2 Å². The van der Waals surface area contributed by atoms with Gasteiger partial charge in [-0.2, -0.15) is 0 Å². The maximum atomic E-state index is 9.54. The van der Waals surface area contributed by atoms with Gasteiger partial charge in [-0.25, -0.2) is 0 Å². The largest absolute Gasteiger partial charge is 0.389 e. The zero-order chi connectivity index (χ0) is 8.22. The Kier molecular flexibility index (Phi) is 1.26. The molecule has 1 N–H and O–H groups in total. The fraction of sp³-hybridized carbons (Fsp3) is 0.800. The summed E-state index contributed by atoms with van der Waals surface area (Å²) in [5.41, 5.74) is 1.65. The minimum absolute atomic E-state index is 0.155. The Labute approximate surface area is 68.1 Å². The average molecular weight is 152 g/mol. The summed E-state index contributed by atoms with van der Waals surface area (Å²) in [5.74, 6) is 1.51. The Hall–Kier alpha value is -0.300. The van der Waals surface area contributed by atoms with Gasteiger partial charge in [0.25, 0.3) is 0 Å². The van der Waals surface area contributed by atoms with Crippen molar-refractivity contribution in [2.24, 2.45) is 17.3 Å². The van der Waals surface area contributed by atoms with Crippen molar-refractivity contribution >= 4 is 0 Å². The summed E-state index contributed by atoms with van der Waals surface area (Å²) in [5, 5.41) is 9.54. The van der Waals surface area contributed by atoms with Crippen LogP contribution < -0.4 is 0 Å². The first-order chi connectivity index (χ1) is 5.03. The van der Waals surface area contributed by atoms with E-state index < -0.39 is 0 Å². The molecule has 62 valence electrons. The predicted molar refractivity (Wildman–Crippen MR) is 45.1 cm³/mol. The van der Waals surface area contributed by atoms with E-state index >= 15 is 0 Å². The molecule has 11 heavy (non-hydrogen) atoms. The number of hydrogen-bond acceptors (Lipinski definition) is 1. The summed E-state index contributed by atoms with van der Waals surface area (Å²) in [6.07, 6.45) is 3.09. The summed E-state index contributed by atoms with van der Waals surface area (Å²) in [4.78, 5) is 0. The number of aliphatic hydroxyl groups is 1. The Balaban J connectivity index is 2.22. The molecule has 1 saturated carbocycles. The molecule has 0 bridgehead atoms. The van der Waals surface area contributed by atoms with Gasteiger partial charge in [0.1, 0.15) is 0 Å². The zero-order valence-electron chi connectivity index (χ0n) is 7.46. The van der Waals surface area contributed by atoms with E-state index in [0.29, 0.717) is 5.41 Å². The number of aliphatic hydroxyl groups excluding tert-OH is 1. The van der Waals surface area contributed by atoms with E-state index in [1.807, 2.05) is 6.92 Å². The third-order valence-corrected chi connectivity index (χ3v) is 3.58. The lowest BCUT2D eigenvalue weighted by Gasteiger charge is -2.14. The molecule has 0 aromatic heterocycles. The molecule has 0 radical (unpaired) electrons. The van der Waals surface area contributed by atoms with Gasteiger partial charge in [-0.15, -0.1) is 0 Å². The van der Waals surface area contributed by atoms with E-state index in [-0.39, 0.29) is 6.10 Å². The summed E-state index contributed by atoms with van der Waals surface area (Å²) in [6, 6.07) is 0.